The van der Waals surface area contributed by atoms with E-state index >= 15 is 0 Å². The van der Waals surface area contributed by atoms with Crippen LogP contribution in [-0.2, 0) is 0 Å². The monoisotopic (exact) mass is 370 g/mol. The van der Waals surface area contributed by atoms with Crippen LogP contribution in [0.3, 0.4) is 0 Å². The van der Waals surface area contributed by atoms with Crippen LogP contribution in [0, 0.1) is 0 Å². The van der Waals surface area contributed by atoms with Gasteiger partial charge in [-0.25, -0.2) is 4.52 Å². The van der Waals surface area contributed by atoms with Gasteiger partial charge in [-0.1, -0.05) is 84.9 Å². The lowest BCUT2D eigenvalue weighted by molar-refractivity contribution is 1.01. The maximum atomic E-state index is 4.87. The Kier molecular flexibility index (Phi) is 3.50. The average molecular weight is 370 g/mol. The highest BCUT2D eigenvalue weighted by molar-refractivity contribution is 5.88. The van der Waals surface area contributed by atoms with Crippen molar-refractivity contribution in [2.75, 3.05) is 0 Å². The Morgan fingerprint density at radius 2 is 1.14 bits per heavy atom. The molecule has 4 aromatic carbocycles. The summed E-state index contributed by atoms with van der Waals surface area (Å²) in [5, 5.41) is 8.60. The lowest BCUT2D eigenvalue weighted by Crippen LogP contribution is -1.90. The van der Waals surface area contributed by atoms with Gasteiger partial charge in [-0.3, -0.25) is 0 Å². The third kappa shape index (κ3) is 2.69. The second-order valence-corrected chi connectivity index (χ2v) is 7.40. The first-order chi connectivity index (χ1) is 14.3. The lowest BCUT2D eigenvalue weighted by Gasteiger charge is -2.05. The van der Waals surface area contributed by atoms with Crippen molar-refractivity contribution in [3.63, 3.8) is 0 Å². The molecule has 0 bridgehead atoms. The van der Waals surface area contributed by atoms with E-state index in [9.17, 15) is 0 Å². The van der Waals surface area contributed by atoms with Gasteiger partial charge in [0.2, 0.25) is 0 Å². The largest absolute Gasteiger partial charge is 0.232 e. The maximum Gasteiger partial charge on any atom is 0.0933 e. The summed E-state index contributed by atoms with van der Waals surface area (Å²) < 4.78 is 2.03. The number of nitrogens with zero attached hydrogens (tertiary/aromatic N) is 2. The fraction of sp³-hybridized carbons (Fsp3) is 0. The zero-order chi connectivity index (χ0) is 19.2. The molecule has 2 nitrogen and oxygen atoms in total. The SMILES string of the molecule is c1ccc2cc(-c3ccc(-c4cc5ccc6ccccc6n5n4)cc3)ccc2c1. The van der Waals surface area contributed by atoms with Gasteiger partial charge in [-0.15, -0.1) is 0 Å². The Bertz CT molecular complexity index is 1490. The number of rotatable bonds is 2. The van der Waals surface area contributed by atoms with Crippen molar-refractivity contribution < 1.29 is 0 Å². The summed E-state index contributed by atoms with van der Waals surface area (Å²) in [4.78, 5) is 0. The van der Waals surface area contributed by atoms with Crippen molar-refractivity contribution in [3.05, 3.63) is 109 Å². The van der Waals surface area contributed by atoms with E-state index in [2.05, 4.69) is 109 Å². The molecule has 0 aliphatic heterocycles. The average Bonchev–Trinajstić information content (AvgIpc) is 3.24. The molecule has 0 radical (unpaired) electrons. The maximum absolute atomic E-state index is 4.87. The topological polar surface area (TPSA) is 17.3 Å². The van der Waals surface area contributed by atoms with E-state index in [-0.39, 0.29) is 0 Å². The minimum atomic E-state index is 0.992. The van der Waals surface area contributed by atoms with E-state index in [1.54, 1.807) is 0 Å². The van der Waals surface area contributed by atoms with Crippen molar-refractivity contribution in [2.45, 2.75) is 0 Å². The minimum absolute atomic E-state index is 0.992. The van der Waals surface area contributed by atoms with Gasteiger partial charge in [0.15, 0.2) is 0 Å². The highest BCUT2D eigenvalue weighted by Crippen LogP contribution is 2.28. The lowest BCUT2D eigenvalue weighted by atomic mass is 10.00. The summed E-state index contributed by atoms with van der Waals surface area (Å²) in [7, 11) is 0. The first-order valence-corrected chi connectivity index (χ1v) is 9.82. The van der Waals surface area contributed by atoms with Crippen molar-refractivity contribution in [1.29, 1.82) is 0 Å². The molecule has 0 aliphatic rings. The second-order valence-electron chi connectivity index (χ2n) is 7.40. The van der Waals surface area contributed by atoms with Crippen LogP contribution in [-0.4, -0.2) is 9.61 Å². The van der Waals surface area contributed by atoms with Gasteiger partial charge in [0, 0.05) is 10.9 Å². The quantitative estimate of drug-likeness (QED) is 0.321. The Balaban J connectivity index is 1.41. The first kappa shape index (κ1) is 16.1. The van der Waals surface area contributed by atoms with Gasteiger partial charge < -0.3 is 0 Å². The number of benzene rings is 4. The normalized spacial score (nSPS) is 11.4. The molecule has 2 heterocycles. The molecule has 0 unspecified atom stereocenters. The molecular weight excluding hydrogens is 352 g/mol. The van der Waals surface area contributed by atoms with E-state index < -0.39 is 0 Å². The smallest absolute Gasteiger partial charge is 0.0933 e. The summed E-state index contributed by atoms with van der Waals surface area (Å²) in [5.41, 5.74) is 6.81. The second kappa shape index (κ2) is 6.32. The van der Waals surface area contributed by atoms with Gasteiger partial charge in [-0.2, -0.15) is 5.10 Å². The molecule has 2 aromatic heterocycles. The molecule has 6 rings (SSSR count). The molecule has 0 N–H and O–H groups in total. The van der Waals surface area contributed by atoms with Gasteiger partial charge in [-0.05, 0) is 46.2 Å². The van der Waals surface area contributed by atoms with Crippen molar-refractivity contribution in [1.82, 2.24) is 9.61 Å². The van der Waals surface area contributed by atoms with Crippen LogP contribution < -0.4 is 0 Å². The third-order valence-electron chi connectivity index (χ3n) is 5.60. The Morgan fingerprint density at radius 1 is 0.483 bits per heavy atom. The van der Waals surface area contributed by atoms with E-state index in [1.165, 1.54) is 27.3 Å². The molecule has 0 amide bonds. The van der Waals surface area contributed by atoms with Gasteiger partial charge in [0.1, 0.15) is 0 Å². The van der Waals surface area contributed by atoms with Crippen LogP contribution in [0.25, 0.3) is 49.6 Å². The van der Waals surface area contributed by atoms with Crippen LogP contribution in [0.1, 0.15) is 0 Å². The van der Waals surface area contributed by atoms with Crippen LogP contribution in [0.2, 0.25) is 0 Å². The molecule has 29 heavy (non-hydrogen) atoms. The molecule has 6 aromatic rings. The molecule has 0 atom stereocenters. The van der Waals surface area contributed by atoms with Crippen LogP contribution in [0.5, 0.6) is 0 Å². The fourth-order valence-corrected chi connectivity index (χ4v) is 4.05. The summed E-state index contributed by atoms with van der Waals surface area (Å²) in [6.45, 7) is 0. The summed E-state index contributed by atoms with van der Waals surface area (Å²) in [5.74, 6) is 0. The fourth-order valence-electron chi connectivity index (χ4n) is 4.05. The number of hydrogen-bond donors (Lipinski definition) is 0. The Hall–Kier alpha value is -3.91. The number of pyridine rings is 1. The van der Waals surface area contributed by atoms with Gasteiger partial charge in [0.05, 0.1) is 16.7 Å². The third-order valence-corrected chi connectivity index (χ3v) is 5.60. The van der Waals surface area contributed by atoms with Gasteiger partial charge >= 0.3 is 0 Å². The standard InChI is InChI=1S/C27H18N2/c1-2-7-23-17-24(14-11-19(23)5-1)20-9-12-21(13-10-20)26-18-25-16-15-22-6-3-4-8-27(22)29(25)28-26/h1-18H. The zero-order valence-corrected chi connectivity index (χ0v) is 15.8. The van der Waals surface area contributed by atoms with Crippen molar-refractivity contribution >= 4 is 27.2 Å². The Morgan fingerprint density at radius 3 is 2.00 bits per heavy atom. The minimum Gasteiger partial charge on any atom is -0.232 e. The highest BCUT2D eigenvalue weighted by atomic mass is 15.2. The first-order valence-electron chi connectivity index (χ1n) is 9.82. The molecule has 0 saturated heterocycles. The van der Waals surface area contributed by atoms with Crippen LogP contribution >= 0.6 is 0 Å². The molecule has 0 aliphatic carbocycles. The molecule has 0 spiro atoms. The van der Waals surface area contributed by atoms with Gasteiger partial charge in [0.25, 0.3) is 0 Å². The predicted octanol–water partition coefficient (Wildman–Crippen LogP) is 6.97. The molecule has 2 heteroatoms. The van der Waals surface area contributed by atoms with Crippen molar-refractivity contribution in [3.8, 4) is 22.4 Å². The van der Waals surface area contributed by atoms with Crippen LogP contribution in [0.4, 0.5) is 0 Å². The molecular formula is C27H18N2. The molecule has 136 valence electrons. The van der Waals surface area contributed by atoms with Crippen molar-refractivity contribution in [2.24, 2.45) is 0 Å². The molecule has 0 fully saturated rings. The van der Waals surface area contributed by atoms with E-state index in [0.29, 0.717) is 0 Å². The molecule has 0 saturated carbocycles. The van der Waals surface area contributed by atoms with E-state index in [1.807, 2.05) is 4.52 Å². The predicted molar refractivity (Wildman–Crippen MR) is 121 cm³/mol. The number of hydrogen-bond acceptors (Lipinski definition) is 1. The summed E-state index contributed by atoms with van der Waals surface area (Å²) in [6.07, 6.45) is 0. The summed E-state index contributed by atoms with van der Waals surface area (Å²) in [6, 6.07) is 38.6. The van der Waals surface area contributed by atoms with E-state index in [4.69, 9.17) is 5.10 Å². The Labute approximate surface area is 168 Å². The highest BCUT2D eigenvalue weighted by Gasteiger charge is 2.08. The number of aromatic nitrogens is 2. The summed E-state index contributed by atoms with van der Waals surface area (Å²) >= 11 is 0. The number of fused-ring (bicyclic) bond motifs is 4. The number of para-hydroxylation sites is 1. The zero-order valence-electron chi connectivity index (χ0n) is 15.8. The van der Waals surface area contributed by atoms with Crippen LogP contribution in [0.15, 0.2) is 109 Å². The van der Waals surface area contributed by atoms with E-state index in [0.717, 1.165) is 22.3 Å².